The zero-order chi connectivity index (χ0) is 15.3. The van der Waals surface area contributed by atoms with Crippen molar-refractivity contribution in [3.8, 4) is 5.75 Å². The van der Waals surface area contributed by atoms with E-state index in [9.17, 15) is 0 Å². The summed E-state index contributed by atoms with van der Waals surface area (Å²) >= 11 is 3.52. The lowest BCUT2D eigenvalue weighted by Gasteiger charge is -2.32. The minimum absolute atomic E-state index is 0.00100. The molecule has 0 spiro atoms. The van der Waals surface area contributed by atoms with Crippen LogP contribution in [0.3, 0.4) is 0 Å². The number of nitrogens with zero attached hydrogens (tertiary/aromatic N) is 1. The standard InChI is InChI=1S/C16H27BrN2O/c1-7-18-12(2)14-9-8-13(17)10-15(14)20-11-16(3,4)19(5)6/h8-10,12,18H,7,11H2,1-6H3. The van der Waals surface area contributed by atoms with Crippen molar-refractivity contribution in [3.63, 3.8) is 0 Å². The number of hydrogen-bond donors (Lipinski definition) is 1. The van der Waals surface area contributed by atoms with E-state index in [1.807, 2.05) is 0 Å². The highest BCUT2D eigenvalue weighted by molar-refractivity contribution is 9.10. The zero-order valence-electron chi connectivity index (χ0n) is 13.5. The molecule has 1 aromatic carbocycles. The fourth-order valence-electron chi connectivity index (χ4n) is 1.79. The van der Waals surface area contributed by atoms with E-state index in [0.717, 1.165) is 16.8 Å². The summed E-state index contributed by atoms with van der Waals surface area (Å²) in [4.78, 5) is 2.18. The van der Waals surface area contributed by atoms with E-state index < -0.39 is 0 Å². The van der Waals surface area contributed by atoms with Gasteiger partial charge in [-0.05, 0) is 53.5 Å². The first-order chi connectivity index (χ1) is 9.27. The predicted octanol–water partition coefficient (Wildman–Crippen LogP) is 3.84. The lowest BCUT2D eigenvalue weighted by Crippen LogP contribution is -2.43. The molecule has 0 heterocycles. The Morgan fingerprint density at radius 1 is 1.35 bits per heavy atom. The number of halogens is 1. The number of nitrogens with one attached hydrogen (secondary N) is 1. The third-order valence-corrected chi connectivity index (χ3v) is 4.24. The summed E-state index contributed by atoms with van der Waals surface area (Å²) in [5, 5.41) is 3.44. The summed E-state index contributed by atoms with van der Waals surface area (Å²) in [6, 6.07) is 6.52. The fraction of sp³-hybridized carbons (Fsp3) is 0.625. The molecule has 114 valence electrons. The van der Waals surface area contributed by atoms with E-state index in [1.54, 1.807) is 0 Å². The maximum absolute atomic E-state index is 6.10. The summed E-state index contributed by atoms with van der Waals surface area (Å²) in [5.41, 5.74) is 1.20. The van der Waals surface area contributed by atoms with Crippen LogP contribution in [0.1, 0.15) is 39.3 Å². The Morgan fingerprint density at radius 3 is 2.55 bits per heavy atom. The van der Waals surface area contributed by atoms with Crippen LogP contribution >= 0.6 is 15.9 Å². The van der Waals surface area contributed by atoms with Crippen LogP contribution in [-0.4, -0.2) is 37.7 Å². The van der Waals surface area contributed by atoms with Gasteiger partial charge in [-0.15, -0.1) is 0 Å². The Hall–Kier alpha value is -0.580. The number of rotatable bonds is 7. The molecule has 0 fully saturated rings. The van der Waals surface area contributed by atoms with Gasteiger partial charge in [0.1, 0.15) is 12.4 Å². The lowest BCUT2D eigenvalue weighted by molar-refractivity contribution is 0.113. The van der Waals surface area contributed by atoms with E-state index >= 15 is 0 Å². The molecule has 0 aliphatic carbocycles. The van der Waals surface area contributed by atoms with Crippen LogP contribution in [0, 0.1) is 0 Å². The van der Waals surface area contributed by atoms with Gasteiger partial charge in [-0.25, -0.2) is 0 Å². The number of hydrogen-bond acceptors (Lipinski definition) is 3. The van der Waals surface area contributed by atoms with Gasteiger partial charge in [-0.1, -0.05) is 28.9 Å². The van der Waals surface area contributed by atoms with Crippen LogP contribution in [0.25, 0.3) is 0 Å². The van der Waals surface area contributed by atoms with E-state index in [0.29, 0.717) is 6.61 Å². The van der Waals surface area contributed by atoms with Crippen molar-refractivity contribution >= 4 is 15.9 Å². The van der Waals surface area contributed by atoms with Crippen molar-refractivity contribution in [2.75, 3.05) is 27.2 Å². The molecule has 20 heavy (non-hydrogen) atoms. The summed E-state index contributed by atoms with van der Waals surface area (Å²) in [6.07, 6.45) is 0. The van der Waals surface area contributed by atoms with Crippen LogP contribution in [0.5, 0.6) is 5.75 Å². The predicted molar refractivity (Wildman–Crippen MR) is 89.5 cm³/mol. The molecule has 0 aliphatic rings. The third kappa shape index (κ3) is 4.76. The maximum Gasteiger partial charge on any atom is 0.125 e. The van der Waals surface area contributed by atoms with Crippen molar-refractivity contribution in [1.29, 1.82) is 0 Å². The molecule has 0 amide bonds. The summed E-state index contributed by atoms with van der Waals surface area (Å²) in [6.45, 7) is 10.2. The second-order valence-corrected chi connectivity index (χ2v) is 6.87. The molecular formula is C16H27BrN2O. The number of benzene rings is 1. The molecule has 1 rings (SSSR count). The Balaban J connectivity index is 2.90. The minimum atomic E-state index is 0.00100. The molecular weight excluding hydrogens is 316 g/mol. The molecule has 1 aromatic rings. The van der Waals surface area contributed by atoms with Crippen molar-refractivity contribution in [2.45, 2.75) is 39.3 Å². The van der Waals surface area contributed by atoms with Crippen molar-refractivity contribution in [3.05, 3.63) is 28.2 Å². The molecule has 0 radical (unpaired) electrons. The van der Waals surface area contributed by atoms with Crippen LogP contribution in [-0.2, 0) is 0 Å². The Labute approximate surface area is 131 Å². The first kappa shape index (κ1) is 17.5. The highest BCUT2D eigenvalue weighted by Gasteiger charge is 2.22. The van der Waals surface area contributed by atoms with E-state index in [-0.39, 0.29) is 11.6 Å². The van der Waals surface area contributed by atoms with Gasteiger partial charge in [-0.3, -0.25) is 0 Å². The number of ether oxygens (including phenoxy) is 1. The molecule has 1 atom stereocenters. The molecule has 3 nitrogen and oxygen atoms in total. The second-order valence-electron chi connectivity index (χ2n) is 5.96. The highest BCUT2D eigenvalue weighted by atomic mass is 79.9. The molecule has 0 aromatic heterocycles. The molecule has 4 heteroatoms. The quantitative estimate of drug-likeness (QED) is 0.814. The average Bonchev–Trinajstić information content (AvgIpc) is 2.36. The molecule has 0 bridgehead atoms. The Morgan fingerprint density at radius 2 is 2.00 bits per heavy atom. The van der Waals surface area contributed by atoms with Gasteiger partial charge in [0.25, 0.3) is 0 Å². The summed E-state index contributed by atoms with van der Waals surface area (Å²) < 4.78 is 7.14. The van der Waals surface area contributed by atoms with Gasteiger partial charge in [0, 0.05) is 21.6 Å². The topological polar surface area (TPSA) is 24.5 Å². The largest absolute Gasteiger partial charge is 0.491 e. The maximum atomic E-state index is 6.10. The van der Waals surface area contributed by atoms with Crippen molar-refractivity contribution in [2.24, 2.45) is 0 Å². The summed E-state index contributed by atoms with van der Waals surface area (Å²) in [5.74, 6) is 0.947. The smallest absolute Gasteiger partial charge is 0.125 e. The van der Waals surface area contributed by atoms with Crippen LogP contribution < -0.4 is 10.1 Å². The van der Waals surface area contributed by atoms with Crippen molar-refractivity contribution in [1.82, 2.24) is 10.2 Å². The average molecular weight is 343 g/mol. The van der Waals surface area contributed by atoms with Gasteiger partial charge in [0.05, 0.1) is 0 Å². The van der Waals surface area contributed by atoms with E-state index in [2.05, 4.69) is 86.1 Å². The molecule has 0 saturated heterocycles. The summed E-state index contributed by atoms with van der Waals surface area (Å²) in [7, 11) is 4.15. The van der Waals surface area contributed by atoms with Crippen LogP contribution in [0.2, 0.25) is 0 Å². The molecule has 1 unspecified atom stereocenters. The highest BCUT2D eigenvalue weighted by Crippen LogP contribution is 2.29. The monoisotopic (exact) mass is 342 g/mol. The third-order valence-electron chi connectivity index (χ3n) is 3.74. The van der Waals surface area contributed by atoms with Gasteiger partial charge in [0.15, 0.2) is 0 Å². The lowest BCUT2D eigenvalue weighted by atomic mass is 10.1. The van der Waals surface area contributed by atoms with Gasteiger partial charge >= 0.3 is 0 Å². The van der Waals surface area contributed by atoms with Gasteiger partial charge in [-0.2, -0.15) is 0 Å². The first-order valence-electron chi connectivity index (χ1n) is 7.11. The van der Waals surface area contributed by atoms with Crippen molar-refractivity contribution < 1.29 is 4.74 Å². The fourth-order valence-corrected chi connectivity index (χ4v) is 2.13. The van der Waals surface area contributed by atoms with E-state index in [1.165, 1.54) is 5.56 Å². The molecule has 0 aliphatic heterocycles. The Bertz CT molecular complexity index is 432. The Kier molecular flexibility index (Phi) is 6.49. The SMILES string of the molecule is CCNC(C)c1ccc(Br)cc1OCC(C)(C)N(C)C. The molecule has 0 saturated carbocycles. The number of likely N-dealkylation sites (N-methyl/N-ethyl adjacent to an activating group) is 1. The first-order valence-corrected chi connectivity index (χ1v) is 7.90. The normalized spacial score (nSPS) is 13.6. The molecule has 1 N–H and O–H groups in total. The second kappa shape index (κ2) is 7.43. The van der Waals surface area contributed by atoms with Crippen LogP contribution in [0.15, 0.2) is 22.7 Å². The van der Waals surface area contributed by atoms with Crippen LogP contribution in [0.4, 0.5) is 0 Å². The van der Waals surface area contributed by atoms with E-state index in [4.69, 9.17) is 4.74 Å². The van der Waals surface area contributed by atoms with Gasteiger partial charge < -0.3 is 15.0 Å². The van der Waals surface area contributed by atoms with Gasteiger partial charge in [0.2, 0.25) is 0 Å². The minimum Gasteiger partial charge on any atom is -0.491 e. The zero-order valence-corrected chi connectivity index (χ0v) is 15.0.